The molecule has 1 atom stereocenters. The highest BCUT2D eigenvalue weighted by molar-refractivity contribution is 5.88. The normalized spacial score (nSPS) is 15.6. The summed E-state index contributed by atoms with van der Waals surface area (Å²) < 4.78 is 46.1. The predicted octanol–water partition coefficient (Wildman–Crippen LogP) is 5.95. The van der Waals surface area contributed by atoms with Crippen LogP contribution in [0.4, 0.5) is 13.2 Å². The SMILES string of the molecule is CC1c2ccccc2CCN1Cc1ccc(COc2ccc(CCC(=O)OC(=O)C(F)(F)F)cc2)cc1. The lowest BCUT2D eigenvalue weighted by atomic mass is 9.93. The molecular formula is C29H28F3NO4. The van der Waals surface area contributed by atoms with E-state index in [4.69, 9.17) is 4.74 Å². The average molecular weight is 512 g/mol. The lowest BCUT2D eigenvalue weighted by molar-refractivity contribution is -0.201. The van der Waals surface area contributed by atoms with Gasteiger partial charge in [-0.05, 0) is 59.7 Å². The number of esters is 2. The predicted molar refractivity (Wildman–Crippen MR) is 132 cm³/mol. The first-order chi connectivity index (χ1) is 17.7. The third kappa shape index (κ3) is 7.20. The number of alkyl halides is 3. The number of carbonyl (C=O) groups is 2. The molecule has 0 aromatic heterocycles. The summed E-state index contributed by atoms with van der Waals surface area (Å²) in [5.74, 6) is -3.09. The van der Waals surface area contributed by atoms with Gasteiger partial charge in [0.15, 0.2) is 0 Å². The van der Waals surface area contributed by atoms with Gasteiger partial charge in [0.25, 0.3) is 0 Å². The van der Waals surface area contributed by atoms with E-state index < -0.39 is 18.1 Å². The van der Waals surface area contributed by atoms with E-state index in [1.165, 1.54) is 16.7 Å². The van der Waals surface area contributed by atoms with Crippen LogP contribution in [0.5, 0.6) is 5.75 Å². The van der Waals surface area contributed by atoms with Gasteiger partial charge in [0.1, 0.15) is 12.4 Å². The molecule has 194 valence electrons. The van der Waals surface area contributed by atoms with Crippen molar-refractivity contribution in [3.63, 3.8) is 0 Å². The molecule has 4 rings (SSSR count). The number of hydrogen-bond donors (Lipinski definition) is 0. The second-order valence-electron chi connectivity index (χ2n) is 9.10. The van der Waals surface area contributed by atoms with E-state index in [9.17, 15) is 22.8 Å². The molecule has 0 bridgehead atoms. The average Bonchev–Trinajstić information content (AvgIpc) is 2.89. The molecule has 3 aromatic rings. The van der Waals surface area contributed by atoms with Crippen LogP contribution in [0.15, 0.2) is 72.8 Å². The number of carbonyl (C=O) groups excluding carboxylic acids is 2. The molecule has 8 heteroatoms. The molecule has 37 heavy (non-hydrogen) atoms. The van der Waals surface area contributed by atoms with Crippen LogP contribution in [0.2, 0.25) is 0 Å². The van der Waals surface area contributed by atoms with Crippen molar-refractivity contribution < 1.29 is 32.2 Å². The highest BCUT2D eigenvalue weighted by Gasteiger charge is 2.42. The van der Waals surface area contributed by atoms with E-state index in [0.29, 0.717) is 24.0 Å². The van der Waals surface area contributed by atoms with Crippen LogP contribution in [0.3, 0.4) is 0 Å². The van der Waals surface area contributed by atoms with Crippen LogP contribution in [0.1, 0.15) is 47.2 Å². The lowest BCUT2D eigenvalue weighted by Gasteiger charge is -2.35. The van der Waals surface area contributed by atoms with E-state index in [1.54, 1.807) is 24.3 Å². The van der Waals surface area contributed by atoms with Crippen LogP contribution >= 0.6 is 0 Å². The molecule has 5 nitrogen and oxygen atoms in total. The van der Waals surface area contributed by atoms with Gasteiger partial charge in [0.05, 0.1) is 6.42 Å². The zero-order chi connectivity index (χ0) is 26.4. The number of halogens is 3. The minimum Gasteiger partial charge on any atom is -0.489 e. The Hall–Kier alpha value is -3.65. The van der Waals surface area contributed by atoms with E-state index in [1.807, 2.05) is 0 Å². The highest BCUT2D eigenvalue weighted by atomic mass is 19.4. The Morgan fingerprint density at radius 1 is 0.919 bits per heavy atom. The van der Waals surface area contributed by atoms with Gasteiger partial charge in [-0.2, -0.15) is 13.2 Å². The van der Waals surface area contributed by atoms with Gasteiger partial charge in [-0.25, -0.2) is 4.79 Å². The molecule has 1 unspecified atom stereocenters. The molecule has 0 radical (unpaired) electrons. The third-order valence-electron chi connectivity index (χ3n) is 6.51. The van der Waals surface area contributed by atoms with E-state index in [-0.39, 0.29) is 12.8 Å². The molecule has 0 N–H and O–H groups in total. The number of aryl methyl sites for hydroxylation is 1. The number of nitrogens with zero attached hydrogens (tertiary/aromatic N) is 1. The first-order valence-corrected chi connectivity index (χ1v) is 12.1. The Morgan fingerprint density at radius 3 is 2.27 bits per heavy atom. The lowest BCUT2D eigenvalue weighted by Crippen LogP contribution is -2.33. The van der Waals surface area contributed by atoms with Crippen molar-refractivity contribution in [2.45, 2.75) is 51.6 Å². The van der Waals surface area contributed by atoms with Crippen LogP contribution < -0.4 is 4.74 Å². The quantitative estimate of drug-likeness (QED) is 0.276. The van der Waals surface area contributed by atoms with E-state index >= 15 is 0 Å². The van der Waals surface area contributed by atoms with Crippen molar-refractivity contribution in [3.05, 3.63) is 101 Å². The number of rotatable bonds is 8. The van der Waals surface area contributed by atoms with Crippen molar-refractivity contribution in [2.75, 3.05) is 6.54 Å². The topological polar surface area (TPSA) is 55.8 Å². The number of fused-ring (bicyclic) bond motifs is 1. The van der Waals surface area contributed by atoms with Gasteiger partial charge >= 0.3 is 18.1 Å². The van der Waals surface area contributed by atoms with Crippen molar-refractivity contribution in [1.82, 2.24) is 4.90 Å². The van der Waals surface area contributed by atoms with Gasteiger partial charge in [-0.1, -0.05) is 60.7 Å². The summed E-state index contributed by atoms with van der Waals surface area (Å²) in [6.07, 6.45) is -4.31. The van der Waals surface area contributed by atoms with Crippen molar-refractivity contribution in [1.29, 1.82) is 0 Å². The number of ether oxygens (including phenoxy) is 2. The fourth-order valence-electron chi connectivity index (χ4n) is 4.39. The highest BCUT2D eigenvalue weighted by Crippen LogP contribution is 2.30. The Morgan fingerprint density at radius 2 is 1.57 bits per heavy atom. The molecular weight excluding hydrogens is 483 g/mol. The zero-order valence-electron chi connectivity index (χ0n) is 20.5. The summed E-state index contributed by atoms with van der Waals surface area (Å²) >= 11 is 0. The Balaban J connectivity index is 1.22. The Bertz CT molecular complexity index is 1220. The fourth-order valence-corrected chi connectivity index (χ4v) is 4.39. The standard InChI is InChI=1S/C29H28F3NO4/c1-20-26-5-3-2-4-24(26)16-17-33(20)18-22-6-8-23(9-7-22)19-36-25-13-10-21(11-14-25)12-15-27(34)37-28(35)29(30,31)32/h2-11,13-14,20H,12,15-19H2,1H3. The zero-order valence-corrected chi connectivity index (χ0v) is 20.5. The maximum Gasteiger partial charge on any atom is 0.491 e. The molecule has 0 saturated heterocycles. The minimum absolute atomic E-state index is 0.146. The molecule has 0 fully saturated rings. The molecule has 0 saturated carbocycles. The Kier molecular flexibility index (Phi) is 8.28. The monoisotopic (exact) mass is 511 g/mol. The first-order valence-electron chi connectivity index (χ1n) is 12.1. The van der Waals surface area contributed by atoms with Crippen LogP contribution in [0.25, 0.3) is 0 Å². The molecule has 1 heterocycles. The molecule has 3 aromatic carbocycles. The third-order valence-corrected chi connectivity index (χ3v) is 6.51. The minimum atomic E-state index is -5.19. The summed E-state index contributed by atoms with van der Waals surface area (Å²) in [6, 6.07) is 24.3. The fraction of sp³-hybridized carbons (Fsp3) is 0.310. The molecule has 1 aliphatic heterocycles. The number of benzene rings is 3. The molecule has 1 aliphatic rings. The van der Waals surface area contributed by atoms with Gasteiger partial charge < -0.3 is 9.47 Å². The first kappa shape index (κ1) is 26.4. The summed E-state index contributed by atoms with van der Waals surface area (Å²) in [7, 11) is 0. The second kappa shape index (κ2) is 11.6. The molecule has 0 spiro atoms. The largest absolute Gasteiger partial charge is 0.491 e. The summed E-state index contributed by atoms with van der Waals surface area (Å²) in [4.78, 5) is 24.6. The second-order valence-corrected chi connectivity index (χ2v) is 9.10. The van der Waals surface area contributed by atoms with Crippen molar-refractivity contribution in [3.8, 4) is 5.75 Å². The van der Waals surface area contributed by atoms with Crippen LogP contribution in [-0.4, -0.2) is 29.6 Å². The smallest absolute Gasteiger partial charge is 0.489 e. The number of hydrogen-bond acceptors (Lipinski definition) is 5. The molecule has 0 amide bonds. The summed E-state index contributed by atoms with van der Waals surface area (Å²) in [5, 5.41) is 0. The van der Waals surface area contributed by atoms with E-state index in [0.717, 1.165) is 25.1 Å². The maximum absolute atomic E-state index is 12.1. The maximum atomic E-state index is 12.1. The van der Waals surface area contributed by atoms with E-state index in [2.05, 4.69) is 65.1 Å². The Labute approximate surface area is 213 Å². The van der Waals surface area contributed by atoms with Crippen molar-refractivity contribution >= 4 is 11.9 Å². The van der Waals surface area contributed by atoms with Gasteiger partial charge in [0, 0.05) is 19.1 Å². The van der Waals surface area contributed by atoms with Crippen LogP contribution in [-0.2, 0) is 40.3 Å². The van der Waals surface area contributed by atoms with Gasteiger partial charge in [-0.15, -0.1) is 0 Å². The molecule has 0 aliphatic carbocycles. The van der Waals surface area contributed by atoms with Crippen molar-refractivity contribution in [2.24, 2.45) is 0 Å². The summed E-state index contributed by atoms with van der Waals surface area (Å²) in [5.41, 5.74) is 5.83. The van der Waals surface area contributed by atoms with Gasteiger partial charge in [0.2, 0.25) is 0 Å². The van der Waals surface area contributed by atoms with Gasteiger partial charge in [-0.3, -0.25) is 9.69 Å². The summed E-state index contributed by atoms with van der Waals surface area (Å²) in [6.45, 7) is 4.56. The van der Waals surface area contributed by atoms with Crippen LogP contribution in [0, 0.1) is 0 Å².